The van der Waals surface area contributed by atoms with Crippen molar-refractivity contribution in [3.8, 4) is 0 Å². The second-order valence-corrected chi connectivity index (χ2v) is 7.88. The molecule has 0 saturated heterocycles. The molecule has 2 amide bonds. The molecule has 0 aliphatic rings. The minimum atomic E-state index is -0.612. The van der Waals surface area contributed by atoms with E-state index in [1.54, 1.807) is 6.92 Å². The first kappa shape index (κ1) is 25.0. The Bertz CT molecular complexity index is 982. The number of rotatable bonds is 11. The number of benzene rings is 1. The van der Waals surface area contributed by atoms with E-state index in [0.29, 0.717) is 42.3 Å². The van der Waals surface area contributed by atoms with Crippen LogP contribution in [0, 0.1) is 12.7 Å². The van der Waals surface area contributed by atoms with Crippen molar-refractivity contribution in [1.29, 1.82) is 0 Å². The van der Waals surface area contributed by atoms with E-state index in [-0.39, 0.29) is 35.4 Å². The first-order valence-electron chi connectivity index (χ1n) is 9.91. The molecule has 0 saturated carbocycles. The highest BCUT2D eigenvalue weighted by molar-refractivity contribution is 7.99. The van der Waals surface area contributed by atoms with E-state index < -0.39 is 11.7 Å². The lowest BCUT2D eigenvalue weighted by Gasteiger charge is -2.16. The number of aryl methyl sites for hydroxylation is 1. The van der Waals surface area contributed by atoms with E-state index in [9.17, 15) is 14.0 Å². The predicted molar refractivity (Wildman–Crippen MR) is 124 cm³/mol. The van der Waals surface area contributed by atoms with Crippen molar-refractivity contribution in [2.45, 2.75) is 31.1 Å². The fourth-order valence-corrected chi connectivity index (χ4v) is 3.53. The van der Waals surface area contributed by atoms with E-state index in [2.05, 4.69) is 25.6 Å². The second kappa shape index (κ2) is 12.6. The largest absolute Gasteiger partial charge is 0.370 e. The van der Waals surface area contributed by atoms with Gasteiger partial charge in [-0.2, -0.15) is 0 Å². The number of anilines is 2. The van der Waals surface area contributed by atoms with E-state index >= 15 is 0 Å². The van der Waals surface area contributed by atoms with Crippen molar-refractivity contribution in [3.63, 3.8) is 0 Å². The summed E-state index contributed by atoms with van der Waals surface area (Å²) in [5.74, 6) is -0.921. The summed E-state index contributed by atoms with van der Waals surface area (Å²) >= 11 is 1.30. The lowest BCUT2D eigenvalue weighted by atomic mass is 10.2. The van der Waals surface area contributed by atoms with Crippen molar-refractivity contribution >= 4 is 40.9 Å². The molecule has 32 heavy (non-hydrogen) atoms. The molecule has 0 atom stereocenters. The number of carbonyl (C=O) groups excluding carboxylic acids is 2. The summed E-state index contributed by atoms with van der Waals surface area (Å²) in [5.41, 5.74) is 17.4. The van der Waals surface area contributed by atoms with Gasteiger partial charge in [-0.05, 0) is 38.0 Å². The van der Waals surface area contributed by atoms with Crippen molar-refractivity contribution in [1.82, 2.24) is 9.97 Å². The first-order valence-corrected chi connectivity index (χ1v) is 10.9. The number of amides is 2. The molecule has 0 bridgehead atoms. The van der Waals surface area contributed by atoms with Gasteiger partial charge in [0.2, 0.25) is 5.91 Å². The van der Waals surface area contributed by atoms with E-state index in [1.165, 1.54) is 36.3 Å². The fraction of sp³-hybridized carbons (Fsp3) is 0.350. The summed E-state index contributed by atoms with van der Waals surface area (Å²) in [7, 11) is 0. The zero-order valence-corrected chi connectivity index (χ0v) is 18.5. The van der Waals surface area contributed by atoms with Crippen molar-refractivity contribution in [3.05, 3.63) is 41.7 Å². The number of aliphatic imine (C=N–C) groups is 1. The number of aromatic nitrogens is 2. The zero-order valence-electron chi connectivity index (χ0n) is 17.7. The van der Waals surface area contributed by atoms with Crippen LogP contribution in [0.25, 0.3) is 0 Å². The molecule has 1 aromatic carbocycles. The Morgan fingerprint density at radius 2 is 1.84 bits per heavy atom. The third kappa shape index (κ3) is 8.12. The Balaban J connectivity index is 2.17. The molecule has 8 N–H and O–H groups in total. The number of nitrogens with two attached hydrogens (primary N) is 3. The summed E-state index contributed by atoms with van der Waals surface area (Å²) in [6, 6.07) is 3.92. The number of hydrogen-bond donors (Lipinski definition) is 5. The average molecular weight is 463 g/mol. The second-order valence-electron chi connectivity index (χ2n) is 6.78. The summed E-state index contributed by atoms with van der Waals surface area (Å²) < 4.78 is 14.3. The molecule has 0 spiro atoms. The highest BCUT2D eigenvalue weighted by Gasteiger charge is 2.17. The van der Waals surface area contributed by atoms with Crippen molar-refractivity contribution < 1.29 is 14.0 Å². The Morgan fingerprint density at radius 3 is 2.50 bits per heavy atom. The molecule has 0 unspecified atom stereocenters. The molecule has 1 aromatic heterocycles. The van der Waals surface area contributed by atoms with Crippen LogP contribution in [-0.4, -0.2) is 46.6 Å². The number of unbranched alkanes of at least 4 members (excludes halogenated alkanes) is 1. The standard InChI is InChI=1S/C20H27FN8O2S/c1-12-8-16(27-11-26-12)19(31)29-15-10-13(21)9-14(18(15)32-7-5-22)28-17(30)4-2-3-6-25-20(23)24/h8-11H,2-7,22H2,1H3,(H,28,30)(H,29,31)(H4,23,24,25). The van der Waals surface area contributed by atoms with Crippen molar-refractivity contribution in [2.75, 3.05) is 29.5 Å². The van der Waals surface area contributed by atoms with Gasteiger partial charge >= 0.3 is 0 Å². The van der Waals surface area contributed by atoms with Gasteiger partial charge in [0.1, 0.15) is 17.8 Å². The van der Waals surface area contributed by atoms with Gasteiger partial charge in [0.15, 0.2) is 5.96 Å². The maximum absolute atomic E-state index is 14.3. The molecule has 2 aromatic rings. The molecule has 0 aliphatic heterocycles. The van der Waals surface area contributed by atoms with Crippen LogP contribution in [0.15, 0.2) is 34.4 Å². The molecule has 0 aliphatic carbocycles. The number of nitrogens with one attached hydrogen (secondary N) is 2. The smallest absolute Gasteiger partial charge is 0.274 e. The maximum Gasteiger partial charge on any atom is 0.274 e. The molecular weight excluding hydrogens is 435 g/mol. The van der Waals surface area contributed by atoms with Gasteiger partial charge < -0.3 is 27.8 Å². The number of thioether (sulfide) groups is 1. The van der Waals surface area contributed by atoms with Crippen LogP contribution in [0.4, 0.5) is 15.8 Å². The number of nitrogens with zero attached hydrogens (tertiary/aromatic N) is 3. The van der Waals surface area contributed by atoms with Gasteiger partial charge in [0.05, 0.1) is 16.3 Å². The van der Waals surface area contributed by atoms with Gasteiger partial charge in [-0.25, -0.2) is 14.4 Å². The van der Waals surface area contributed by atoms with Crippen LogP contribution < -0.4 is 27.8 Å². The van der Waals surface area contributed by atoms with E-state index in [4.69, 9.17) is 17.2 Å². The molecule has 0 fully saturated rings. The Kier molecular flexibility index (Phi) is 9.82. The monoisotopic (exact) mass is 462 g/mol. The van der Waals surface area contributed by atoms with Crippen LogP contribution >= 0.6 is 11.8 Å². The highest BCUT2D eigenvalue weighted by Crippen LogP contribution is 2.36. The van der Waals surface area contributed by atoms with Gasteiger partial charge in [-0.15, -0.1) is 11.8 Å². The third-order valence-electron chi connectivity index (χ3n) is 4.08. The Hall–Kier alpha value is -3.25. The molecule has 0 radical (unpaired) electrons. The summed E-state index contributed by atoms with van der Waals surface area (Å²) in [5, 5.41) is 5.39. The maximum atomic E-state index is 14.3. The quantitative estimate of drug-likeness (QED) is 0.145. The van der Waals surface area contributed by atoms with Crippen molar-refractivity contribution in [2.24, 2.45) is 22.2 Å². The topological polar surface area (TPSA) is 174 Å². The van der Waals surface area contributed by atoms with E-state index in [1.807, 2.05) is 0 Å². The predicted octanol–water partition coefficient (Wildman–Crippen LogP) is 1.61. The molecule has 1 heterocycles. The van der Waals surface area contributed by atoms with Crippen LogP contribution in [0.1, 0.15) is 35.4 Å². The summed E-state index contributed by atoms with van der Waals surface area (Å²) in [4.78, 5) is 37.3. The SMILES string of the molecule is Cc1cc(C(=O)Nc2cc(F)cc(NC(=O)CCCCN=C(N)N)c2SCCN)ncn1. The normalized spacial score (nSPS) is 10.5. The first-order chi connectivity index (χ1) is 15.3. The lowest BCUT2D eigenvalue weighted by molar-refractivity contribution is -0.116. The zero-order chi connectivity index (χ0) is 23.5. The van der Waals surface area contributed by atoms with Crippen LogP contribution in [0.2, 0.25) is 0 Å². The van der Waals surface area contributed by atoms with Gasteiger partial charge in [-0.3, -0.25) is 14.6 Å². The van der Waals surface area contributed by atoms with Crippen LogP contribution in [0.5, 0.6) is 0 Å². The van der Waals surface area contributed by atoms with E-state index in [0.717, 1.165) is 0 Å². The number of halogens is 1. The molecular formula is C20H27FN8O2S. The fourth-order valence-electron chi connectivity index (χ4n) is 2.68. The highest BCUT2D eigenvalue weighted by atomic mass is 32.2. The number of carbonyl (C=O) groups is 2. The minimum absolute atomic E-state index is 0.00230. The van der Waals surface area contributed by atoms with Crippen LogP contribution in [-0.2, 0) is 4.79 Å². The average Bonchev–Trinajstić information content (AvgIpc) is 2.72. The number of hydrogen-bond acceptors (Lipinski definition) is 7. The third-order valence-corrected chi connectivity index (χ3v) is 5.25. The summed E-state index contributed by atoms with van der Waals surface area (Å²) in [6.45, 7) is 2.51. The van der Waals surface area contributed by atoms with Gasteiger partial charge in [0.25, 0.3) is 5.91 Å². The van der Waals surface area contributed by atoms with Gasteiger partial charge in [0, 0.05) is 31.0 Å². The van der Waals surface area contributed by atoms with Crippen LogP contribution in [0.3, 0.4) is 0 Å². The molecule has 10 nitrogen and oxygen atoms in total. The minimum Gasteiger partial charge on any atom is -0.370 e. The Labute approximate surface area is 189 Å². The Morgan fingerprint density at radius 1 is 1.12 bits per heavy atom. The summed E-state index contributed by atoms with van der Waals surface area (Å²) in [6.07, 6.45) is 2.67. The molecule has 12 heteroatoms. The molecule has 2 rings (SSSR count). The molecule has 172 valence electrons. The number of guanidine groups is 1. The van der Waals surface area contributed by atoms with Gasteiger partial charge in [-0.1, -0.05) is 0 Å². The lowest BCUT2D eigenvalue weighted by Crippen LogP contribution is -2.23.